The highest BCUT2D eigenvalue weighted by atomic mass is 16.3. The number of hydrogen-bond acceptors (Lipinski definition) is 3. The van der Waals surface area contributed by atoms with Gasteiger partial charge >= 0.3 is 0 Å². The van der Waals surface area contributed by atoms with Crippen molar-refractivity contribution >= 4 is 11.8 Å². The van der Waals surface area contributed by atoms with Crippen molar-refractivity contribution in [3.05, 3.63) is 0 Å². The molecule has 0 heterocycles. The maximum absolute atomic E-state index is 11.2. The van der Waals surface area contributed by atoms with Crippen LogP contribution in [0.1, 0.15) is 19.3 Å². The lowest BCUT2D eigenvalue weighted by Gasteiger charge is -2.24. The third-order valence-electron chi connectivity index (χ3n) is 2.27. The summed E-state index contributed by atoms with van der Waals surface area (Å²) in [7, 11) is 0. The summed E-state index contributed by atoms with van der Waals surface area (Å²) in [6, 6.07) is 0. The fraction of sp³-hybridized carbons (Fsp3) is 0.750. The van der Waals surface area contributed by atoms with E-state index in [1.165, 1.54) is 0 Å². The molecular weight excluding hydrogens is 172 g/mol. The van der Waals surface area contributed by atoms with Crippen LogP contribution in [0.4, 0.5) is 0 Å². The van der Waals surface area contributed by atoms with Gasteiger partial charge in [0.15, 0.2) is 0 Å². The first kappa shape index (κ1) is 9.98. The number of nitrogens with one attached hydrogen (secondary N) is 1. The molecule has 0 saturated heterocycles. The predicted octanol–water partition coefficient (Wildman–Crippen LogP) is -1.25. The minimum atomic E-state index is -1.27. The maximum Gasteiger partial charge on any atom is 0.248 e. The Balaban J connectivity index is 2.17. The van der Waals surface area contributed by atoms with E-state index in [1.807, 2.05) is 0 Å². The molecule has 0 aliphatic heterocycles. The third kappa shape index (κ3) is 2.69. The predicted molar refractivity (Wildman–Crippen MR) is 45.6 cm³/mol. The molecule has 1 saturated carbocycles. The van der Waals surface area contributed by atoms with Gasteiger partial charge in [0.1, 0.15) is 6.10 Å². The number of carbonyl (C=O) groups excluding carboxylic acids is 2. The maximum atomic E-state index is 11.2. The summed E-state index contributed by atoms with van der Waals surface area (Å²) >= 11 is 0. The Morgan fingerprint density at radius 2 is 2.15 bits per heavy atom. The molecule has 0 bridgehead atoms. The lowest BCUT2D eigenvalue weighted by molar-refractivity contribution is -0.129. The first-order valence-electron chi connectivity index (χ1n) is 4.36. The van der Waals surface area contributed by atoms with E-state index >= 15 is 0 Å². The molecule has 1 unspecified atom stereocenters. The highest BCUT2D eigenvalue weighted by Gasteiger charge is 2.25. The third-order valence-corrected chi connectivity index (χ3v) is 2.27. The molecule has 74 valence electrons. The van der Waals surface area contributed by atoms with Crippen LogP contribution in [0, 0.1) is 5.92 Å². The van der Waals surface area contributed by atoms with Gasteiger partial charge in [0.05, 0.1) is 6.54 Å². The molecular formula is C8H14N2O3. The molecule has 1 aliphatic rings. The molecule has 1 aliphatic carbocycles. The van der Waals surface area contributed by atoms with Crippen molar-refractivity contribution < 1.29 is 14.7 Å². The molecule has 1 fully saturated rings. The van der Waals surface area contributed by atoms with Gasteiger partial charge in [-0.05, 0) is 12.8 Å². The Morgan fingerprint density at radius 1 is 1.54 bits per heavy atom. The first-order chi connectivity index (χ1) is 6.11. The average molecular weight is 186 g/mol. The van der Waals surface area contributed by atoms with E-state index < -0.39 is 12.0 Å². The molecule has 0 spiro atoms. The molecule has 0 radical (unpaired) electrons. The van der Waals surface area contributed by atoms with Crippen LogP contribution in [0.2, 0.25) is 0 Å². The Labute approximate surface area is 76.3 Å². The number of primary amides is 1. The second-order valence-corrected chi connectivity index (χ2v) is 3.29. The Bertz CT molecular complexity index is 213. The number of aliphatic hydroxyl groups excluding tert-OH is 1. The summed E-state index contributed by atoms with van der Waals surface area (Å²) in [5.74, 6) is -0.833. The Hall–Kier alpha value is -1.10. The summed E-state index contributed by atoms with van der Waals surface area (Å²) in [5.41, 5.74) is 4.80. The zero-order valence-electron chi connectivity index (χ0n) is 7.32. The lowest BCUT2D eigenvalue weighted by Crippen LogP contribution is -2.43. The van der Waals surface area contributed by atoms with Crippen molar-refractivity contribution in [1.29, 1.82) is 0 Å². The van der Waals surface area contributed by atoms with Crippen molar-refractivity contribution in [2.24, 2.45) is 11.7 Å². The highest BCUT2D eigenvalue weighted by molar-refractivity contribution is 5.82. The minimum Gasteiger partial charge on any atom is -0.381 e. The molecule has 1 atom stereocenters. The van der Waals surface area contributed by atoms with Crippen molar-refractivity contribution in [1.82, 2.24) is 5.32 Å². The van der Waals surface area contributed by atoms with E-state index in [1.54, 1.807) is 0 Å². The largest absolute Gasteiger partial charge is 0.381 e. The van der Waals surface area contributed by atoms with Gasteiger partial charge in [0.25, 0.3) is 0 Å². The molecule has 5 nitrogen and oxygen atoms in total. The van der Waals surface area contributed by atoms with Gasteiger partial charge in [-0.2, -0.15) is 0 Å². The van der Waals surface area contributed by atoms with E-state index in [0.29, 0.717) is 0 Å². The summed E-state index contributed by atoms with van der Waals surface area (Å²) in [6.07, 6.45) is 1.61. The minimum absolute atomic E-state index is 0.0695. The lowest BCUT2D eigenvalue weighted by atomic mass is 9.85. The van der Waals surface area contributed by atoms with Gasteiger partial charge in [-0.25, -0.2) is 0 Å². The molecule has 1 rings (SSSR count). The van der Waals surface area contributed by atoms with Gasteiger partial charge in [-0.15, -0.1) is 0 Å². The zero-order valence-corrected chi connectivity index (χ0v) is 7.32. The second kappa shape index (κ2) is 4.23. The number of amides is 2. The van der Waals surface area contributed by atoms with Gasteiger partial charge < -0.3 is 16.2 Å². The number of carbonyl (C=O) groups is 2. The van der Waals surface area contributed by atoms with E-state index in [0.717, 1.165) is 19.3 Å². The molecule has 0 aromatic heterocycles. The fourth-order valence-electron chi connectivity index (χ4n) is 1.11. The van der Waals surface area contributed by atoms with E-state index in [2.05, 4.69) is 5.32 Å². The van der Waals surface area contributed by atoms with Gasteiger partial charge in [-0.3, -0.25) is 9.59 Å². The van der Waals surface area contributed by atoms with Crippen molar-refractivity contribution in [2.75, 3.05) is 6.54 Å². The number of hydrogen-bond donors (Lipinski definition) is 3. The van der Waals surface area contributed by atoms with Crippen LogP contribution in [0.5, 0.6) is 0 Å². The van der Waals surface area contributed by atoms with E-state index in [-0.39, 0.29) is 18.4 Å². The topological polar surface area (TPSA) is 92.4 Å². The van der Waals surface area contributed by atoms with Crippen LogP contribution in [0.3, 0.4) is 0 Å². The fourth-order valence-corrected chi connectivity index (χ4v) is 1.11. The standard InChI is InChI=1S/C8H14N2O3/c9-7(12)6(11)4-10-8(13)5-2-1-3-5/h5-6,11H,1-4H2,(H2,9,12)(H,10,13). The summed E-state index contributed by atoms with van der Waals surface area (Å²) in [6.45, 7) is -0.0787. The van der Waals surface area contributed by atoms with Crippen LogP contribution in [0.15, 0.2) is 0 Å². The molecule has 2 amide bonds. The summed E-state index contributed by atoms with van der Waals surface area (Å²) in [4.78, 5) is 21.6. The number of aliphatic hydroxyl groups is 1. The smallest absolute Gasteiger partial charge is 0.248 e. The molecule has 13 heavy (non-hydrogen) atoms. The molecule has 4 N–H and O–H groups in total. The summed E-state index contributed by atoms with van der Waals surface area (Å²) in [5, 5.41) is 11.4. The molecule has 0 aromatic rings. The SMILES string of the molecule is NC(=O)C(O)CNC(=O)C1CCC1. The van der Waals surface area contributed by atoms with Gasteiger partial charge in [0.2, 0.25) is 11.8 Å². The molecule has 5 heteroatoms. The summed E-state index contributed by atoms with van der Waals surface area (Å²) < 4.78 is 0. The van der Waals surface area contributed by atoms with Crippen LogP contribution in [-0.2, 0) is 9.59 Å². The number of rotatable bonds is 4. The second-order valence-electron chi connectivity index (χ2n) is 3.29. The highest BCUT2D eigenvalue weighted by Crippen LogP contribution is 2.25. The normalized spacial score (nSPS) is 18.8. The van der Waals surface area contributed by atoms with Crippen molar-refractivity contribution in [3.63, 3.8) is 0 Å². The molecule has 0 aromatic carbocycles. The zero-order chi connectivity index (χ0) is 9.84. The Morgan fingerprint density at radius 3 is 2.54 bits per heavy atom. The van der Waals surface area contributed by atoms with E-state index in [4.69, 9.17) is 10.8 Å². The van der Waals surface area contributed by atoms with Crippen LogP contribution < -0.4 is 11.1 Å². The van der Waals surface area contributed by atoms with Gasteiger partial charge in [-0.1, -0.05) is 6.42 Å². The van der Waals surface area contributed by atoms with Crippen molar-refractivity contribution in [2.45, 2.75) is 25.4 Å². The monoisotopic (exact) mass is 186 g/mol. The quantitative estimate of drug-likeness (QED) is 0.512. The average Bonchev–Trinajstić information content (AvgIpc) is 1.96. The van der Waals surface area contributed by atoms with Crippen LogP contribution >= 0.6 is 0 Å². The number of nitrogens with two attached hydrogens (primary N) is 1. The van der Waals surface area contributed by atoms with E-state index in [9.17, 15) is 9.59 Å². The van der Waals surface area contributed by atoms with Gasteiger partial charge in [0, 0.05) is 5.92 Å². The first-order valence-corrected chi connectivity index (χ1v) is 4.36. The Kier molecular flexibility index (Phi) is 3.25. The van der Waals surface area contributed by atoms with Crippen LogP contribution in [-0.4, -0.2) is 29.6 Å². The van der Waals surface area contributed by atoms with Crippen LogP contribution in [0.25, 0.3) is 0 Å². The van der Waals surface area contributed by atoms with Crippen molar-refractivity contribution in [3.8, 4) is 0 Å².